The molecule has 0 radical (unpaired) electrons. The molecule has 0 spiro atoms. The van der Waals surface area contributed by atoms with Crippen LogP contribution in [0.3, 0.4) is 0 Å². The predicted octanol–water partition coefficient (Wildman–Crippen LogP) is 2.24. The standard InChI is InChI=1S/C18H31N3O2.ClH/c22-17(13-14-11-15-5-6-16(12-14)20-15)19-8-7-18(23)21-9-3-1-2-4-10-21;/h14-16,20H,1-13H2,(H,19,22);1H. The molecule has 138 valence electrons. The maximum absolute atomic E-state index is 12.2. The third-order valence-electron chi connectivity index (χ3n) is 5.66. The number of piperidine rings is 1. The average Bonchev–Trinajstić information content (AvgIpc) is 2.75. The molecule has 3 rings (SSSR count). The van der Waals surface area contributed by atoms with Crippen molar-refractivity contribution in [3.63, 3.8) is 0 Å². The largest absolute Gasteiger partial charge is 0.356 e. The zero-order valence-electron chi connectivity index (χ0n) is 14.6. The zero-order chi connectivity index (χ0) is 16.1. The molecule has 2 atom stereocenters. The van der Waals surface area contributed by atoms with E-state index in [4.69, 9.17) is 0 Å². The summed E-state index contributed by atoms with van der Waals surface area (Å²) in [6.45, 7) is 2.28. The number of amides is 2. The summed E-state index contributed by atoms with van der Waals surface area (Å²) in [7, 11) is 0. The first-order valence-electron chi connectivity index (χ1n) is 9.51. The lowest BCUT2D eigenvalue weighted by Crippen LogP contribution is -2.40. The van der Waals surface area contributed by atoms with Crippen molar-refractivity contribution in [2.75, 3.05) is 19.6 Å². The van der Waals surface area contributed by atoms with E-state index in [1.165, 1.54) is 25.7 Å². The zero-order valence-corrected chi connectivity index (χ0v) is 15.4. The smallest absolute Gasteiger partial charge is 0.224 e. The quantitative estimate of drug-likeness (QED) is 0.793. The molecule has 0 aromatic rings. The molecule has 0 aromatic carbocycles. The Kier molecular flexibility index (Phi) is 7.82. The minimum absolute atomic E-state index is 0. The number of nitrogens with one attached hydrogen (secondary N) is 2. The molecule has 2 unspecified atom stereocenters. The number of nitrogens with zero attached hydrogens (tertiary/aromatic N) is 1. The van der Waals surface area contributed by atoms with Gasteiger partial charge < -0.3 is 15.5 Å². The third-order valence-corrected chi connectivity index (χ3v) is 5.66. The molecule has 0 aromatic heterocycles. The molecular weight excluding hydrogens is 326 g/mol. The summed E-state index contributed by atoms with van der Waals surface area (Å²) in [5, 5.41) is 6.57. The van der Waals surface area contributed by atoms with E-state index in [2.05, 4.69) is 10.6 Å². The number of likely N-dealkylation sites (tertiary alicyclic amines) is 1. The van der Waals surface area contributed by atoms with Crippen LogP contribution in [0.15, 0.2) is 0 Å². The Hall–Kier alpha value is -0.810. The van der Waals surface area contributed by atoms with Crippen LogP contribution in [-0.4, -0.2) is 48.4 Å². The van der Waals surface area contributed by atoms with Crippen molar-refractivity contribution in [1.82, 2.24) is 15.5 Å². The van der Waals surface area contributed by atoms with Gasteiger partial charge in [0.15, 0.2) is 0 Å². The van der Waals surface area contributed by atoms with Crippen molar-refractivity contribution >= 4 is 24.2 Å². The fourth-order valence-electron chi connectivity index (χ4n) is 4.46. The van der Waals surface area contributed by atoms with Crippen molar-refractivity contribution in [3.05, 3.63) is 0 Å². The highest BCUT2D eigenvalue weighted by atomic mass is 35.5. The minimum atomic E-state index is 0. The predicted molar refractivity (Wildman–Crippen MR) is 97.2 cm³/mol. The molecular formula is C18H32ClN3O2. The number of halogens is 1. The Bertz CT molecular complexity index is 412. The fraction of sp³-hybridized carbons (Fsp3) is 0.889. The van der Waals surface area contributed by atoms with E-state index in [0.717, 1.165) is 38.8 Å². The first-order chi connectivity index (χ1) is 11.2. The highest BCUT2D eigenvalue weighted by molar-refractivity contribution is 5.85. The Morgan fingerprint density at radius 2 is 1.62 bits per heavy atom. The topological polar surface area (TPSA) is 61.4 Å². The number of fused-ring (bicyclic) bond motifs is 2. The molecule has 6 heteroatoms. The van der Waals surface area contributed by atoms with E-state index in [1.54, 1.807) is 0 Å². The van der Waals surface area contributed by atoms with Gasteiger partial charge in [0.1, 0.15) is 0 Å². The van der Waals surface area contributed by atoms with Crippen molar-refractivity contribution in [3.8, 4) is 0 Å². The maximum atomic E-state index is 12.2. The lowest BCUT2D eigenvalue weighted by Gasteiger charge is -2.28. The second kappa shape index (κ2) is 9.62. The van der Waals surface area contributed by atoms with Crippen LogP contribution in [0.2, 0.25) is 0 Å². The van der Waals surface area contributed by atoms with E-state index in [9.17, 15) is 9.59 Å². The van der Waals surface area contributed by atoms with Gasteiger partial charge in [0.05, 0.1) is 0 Å². The number of carbonyl (C=O) groups is 2. The second-order valence-corrected chi connectivity index (χ2v) is 7.57. The first-order valence-corrected chi connectivity index (χ1v) is 9.51. The van der Waals surface area contributed by atoms with Crippen LogP contribution in [0.25, 0.3) is 0 Å². The van der Waals surface area contributed by atoms with E-state index in [-0.39, 0.29) is 24.2 Å². The fourth-order valence-corrected chi connectivity index (χ4v) is 4.46. The van der Waals surface area contributed by atoms with E-state index in [0.29, 0.717) is 37.4 Å². The highest BCUT2D eigenvalue weighted by Crippen LogP contribution is 2.32. The SMILES string of the molecule is Cl.O=C(CC1CC2CCC(C1)N2)NCCC(=O)N1CCCCCC1. The first kappa shape index (κ1) is 19.5. The minimum Gasteiger partial charge on any atom is -0.356 e. The van der Waals surface area contributed by atoms with Crippen LogP contribution in [-0.2, 0) is 9.59 Å². The normalized spacial score (nSPS) is 29.5. The van der Waals surface area contributed by atoms with Gasteiger partial charge in [-0.05, 0) is 44.4 Å². The van der Waals surface area contributed by atoms with E-state index >= 15 is 0 Å². The summed E-state index contributed by atoms with van der Waals surface area (Å²) < 4.78 is 0. The summed E-state index contributed by atoms with van der Waals surface area (Å²) >= 11 is 0. The Morgan fingerprint density at radius 3 is 2.25 bits per heavy atom. The summed E-state index contributed by atoms with van der Waals surface area (Å²) in [6.07, 6.45) is 10.6. The molecule has 3 saturated heterocycles. The van der Waals surface area contributed by atoms with Gasteiger partial charge in [0, 0.05) is 44.6 Å². The molecule has 3 fully saturated rings. The highest BCUT2D eigenvalue weighted by Gasteiger charge is 2.34. The van der Waals surface area contributed by atoms with Crippen LogP contribution in [0.4, 0.5) is 0 Å². The molecule has 0 aliphatic carbocycles. The third kappa shape index (κ3) is 5.62. The van der Waals surface area contributed by atoms with Gasteiger partial charge in [-0.2, -0.15) is 0 Å². The van der Waals surface area contributed by atoms with Crippen LogP contribution in [0.5, 0.6) is 0 Å². The molecule has 24 heavy (non-hydrogen) atoms. The van der Waals surface area contributed by atoms with Crippen molar-refractivity contribution in [2.45, 2.75) is 76.3 Å². The summed E-state index contributed by atoms with van der Waals surface area (Å²) in [4.78, 5) is 26.3. The average molecular weight is 358 g/mol. The van der Waals surface area contributed by atoms with Gasteiger partial charge >= 0.3 is 0 Å². The molecule has 2 bridgehead atoms. The molecule has 3 aliphatic heterocycles. The van der Waals surface area contributed by atoms with Gasteiger partial charge in [-0.3, -0.25) is 9.59 Å². The lowest BCUT2D eigenvalue weighted by atomic mass is 9.89. The molecule has 2 amide bonds. The van der Waals surface area contributed by atoms with Crippen LogP contribution in [0, 0.1) is 5.92 Å². The van der Waals surface area contributed by atoms with Crippen LogP contribution < -0.4 is 10.6 Å². The molecule has 2 N–H and O–H groups in total. The summed E-state index contributed by atoms with van der Waals surface area (Å²) in [5.41, 5.74) is 0. The maximum Gasteiger partial charge on any atom is 0.224 e. The van der Waals surface area contributed by atoms with Crippen LogP contribution in [0.1, 0.15) is 64.2 Å². The Morgan fingerprint density at radius 1 is 1.00 bits per heavy atom. The molecule has 5 nitrogen and oxygen atoms in total. The number of carbonyl (C=O) groups excluding carboxylic acids is 2. The van der Waals surface area contributed by atoms with E-state index in [1.807, 2.05) is 4.90 Å². The van der Waals surface area contributed by atoms with Gasteiger partial charge in [0.2, 0.25) is 11.8 Å². The van der Waals surface area contributed by atoms with Crippen LogP contribution >= 0.6 is 12.4 Å². The molecule has 0 saturated carbocycles. The second-order valence-electron chi connectivity index (χ2n) is 7.57. The lowest BCUT2D eigenvalue weighted by molar-refractivity contribution is -0.131. The molecule has 3 heterocycles. The monoisotopic (exact) mass is 357 g/mol. The number of hydrogen-bond acceptors (Lipinski definition) is 3. The van der Waals surface area contributed by atoms with Crippen molar-refractivity contribution < 1.29 is 9.59 Å². The molecule has 3 aliphatic rings. The number of hydrogen-bond donors (Lipinski definition) is 2. The van der Waals surface area contributed by atoms with Gasteiger partial charge in [-0.25, -0.2) is 0 Å². The summed E-state index contributed by atoms with van der Waals surface area (Å²) in [6, 6.07) is 1.27. The Labute approximate surface area is 151 Å². The van der Waals surface area contributed by atoms with Gasteiger partial charge in [-0.15, -0.1) is 12.4 Å². The number of rotatable bonds is 5. The van der Waals surface area contributed by atoms with E-state index < -0.39 is 0 Å². The Balaban J connectivity index is 0.00000208. The van der Waals surface area contributed by atoms with Crippen molar-refractivity contribution in [1.29, 1.82) is 0 Å². The van der Waals surface area contributed by atoms with Crippen molar-refractivity contribution in [2.24, 2.45) is 5.92 Å². The summed E-state index contributed by atoms with van der Waals surface area (Å²) in [5.74, 6) is 0.849. The van der Waals surface area contributed by atoms with Gasteiger partial charge in [0.25, 0.3) is 0 Å². The van der Waals surface area contributed by atoms with Gasteiger partial charge in [-0.1, -0.05) is 12.8 Å².